The van der Waals surface area contributed by atoms with Crippen LogP contribution in [0.3, 0.4) is 0 Å². The fourth-order valence-electron chi connectivity index (χ4n) is 2.84. The standard InChI is InChI=1S/C19H16N4O3S/c1-11-6-8-12(9-7-11)23-16(24)10-15(18(23)25)27-19-22-21-17(26-19)13-4-2-3-5-14(13)20/h2-9,15H,10,20H2,1H3. The maximum Gasteiger partial charge on any atom is 0.277 e. The summed E-state index contributed by atoms with van der Waals surface area (Å²) >= 11 is 1.09. The lowest BCUT2D eigenvalue weighted by Crippen LogP contribution is -2.31. The van der Waals surface area contributed by atoms with Crippen molar-refractivity contribution in [3.8, 4) is 11.5 Å². The monoisotopic (exact) mass is 380 g/mol. The van der Waals surface area contributed by atoms with Gasteiger partial charge < -0.3 is 10.2 Å². The van der Waals surface area contributed by atoms with Crippen LogP contribution in [0.25, 0.3) is 11.5 Å². The highest BCUT2D eigenvalue weighted by molar-refractivity contribution is 8.00. The first-order valence-corrected chi connectivity index (χ1v) is 9.19. The highest BCUT2D eigenvalue weighted by atomic mass is 32.2. The second-order valence-corrected chi connectivity index (χ2v) is 7.33. The van der Waals surface area contributed by atoms with Crippen molar-refractivity contribution in [1.29, 1.82) is 0 Å². The van der Waals surface area contributed by atoms with Crippen LogP contribution in [0.5, 0.6) is 0 Å². The van der Waals surface area contributed by atoms with Crippen LogP contribution in [0, 0.1) is 6.92 Å². The number of para-hydroxylation sites is 1. The van der Waals surface area contributed by atoms with Crippen LogP contribution in [0.2, 0.25) is 0 Å². The Morgan fingerprint density at radius 2 is 1.85 bits per heavy atom. The lowest BCUT2D eigenvalue weighted by atomic mass is 10.2. The molecule has 1 aromatic heterocycles. The van der Waals surface area contributed by atoms with Crippen molar-refractivity contribution in [1.82, 2.24) is 10.2 Å². The number of nitrogen functional groups attached to an aromatic ring is 1. The zero-order chi connectivity index (χ0) is 19.0. The summed E-state index contributed by atoms with van der Waals surface area (Å²) in [7, 11) is 0. The molecule has 1 saturated heterocycles. The molecule has 8 heteroatoms. The Bertz CT molecular complexity index is 1020. The number of nitrogens with two attached hydrogens (primary N) is 1. The molecule has 2 aromatic carbocycles. The van der Waals surface area contributed by atoms with Gasteiger partial charge in [0, 0.05) is 12.1 Å². The summed E-state index contributed by atoms with van der Waals surface area (Å²) < 4.78 is 5.63. The van der Waals surface area contributed by atoms with Gasteiger partial charge in [-0.3, -0.25) is 9.59 Å². The predicted octanol–water partition coefficient (Wildman–Crippen LogP) is 3.05. The summed E-state index contributed by atoms with van der Waals surface area (Å²) in [6.45, 7) is 1.95. The zero-order valence-corrected chi connectivity index (χ0v) is 15.3. The summed E-state index contributed by atoms with van der Waals surface area (Å²) in [5.74, 6) is -0.246. The van der Waals surface area contributed by atoms with Gasteiger partial charge in [-0.05, 0) is 31.2 Å². The highest BCUT2D eigenvalue weighted by Gasteiger charge is 2.41. The van der Waals surface area contributed by atoms with Gasteiger partial charge in [-0.2, -0.15) is 0 Å². The Kier molecular flexibility index (Phi) is 4.41. The fraction of sp³-hybridized carbons (Fsp3) is 0.158. The maximum atomic E-state index is 12.7. The topological polar surface area (TPSA) is 102 Å². The molecule has 2 amide bonds. The Labute approximate surface area is 159 Å². The van der Waals surface area contributed by atoms with Gasteiger partial charge in [0.2, 0.25) is 11.8 Å². The van der Waals surface area contributed by atoms with Crippen molar-refractivity contribution in [2.24, 2.45) is 0 Å². The van der Waals surface area contributed by atoms with E-state index < -0.39 is 5.25 Å². The van der Waals surface area contributed by atoms with E-state index in [9.17, 15) is 9.59 Å². The first-order valence-electron chi connectivity index (χ1n) is 8.31. The number of hydrogen-bond acceptors (Lipinski definition) is 7. The van der Waals surface area contributed by atoms with Crippen LogP contribution in [-0.4, -0.2) is 27.3 Å². The Morgan fingerprint density at radius 1 is 1.11 bits per heavy atom. The number of carbonyl (C=O) groups is 2. The summed E-state index contributed by atoms with van der Waals surface area (Å²) in [6.07, 6.45) is 0.0859. The van der Waals surface area contributed by atoms with Crippen LogP contribution in [-0.2, 0) is 9.59 Å². The van der Waals surface area contributed by atoms with E-state index in [-0.39, 0.29) is 29.3 Å². The molecule has 1 aliphatic heterocycles. The van der Waals surface area contributed by atoms with Crippen molar-refractivity contribution in [3.63, 3.8) is 0 Å². The molecule has 1 aliphatic rings. The molecule has 1 fully saturated rings. The molecule has 4 rings (SSSR count). The van der Waals surface area contributed by atoms with E-state index in [1.807, 2.05) is 31.2 Å². The Hall–Kier alpha value is -3.13. The number of aryl methyl sites for hydroxylation is 1. The molecule has 0 radical (unpaired) electrons. The lowest BCUT2D eigenvalue weighted by Gasteiger charge is -2.14. The van der Waals surface area contributed by atoms with Gasteiger partial charge in [0.1, 0.15) is 5.25 Å². The fourth-order valence-corrected chi connectivity index (χ4v) is 3.73. The number of aromatic nitrogens is 2. The van der Waals surface area contributed by atoms with Crippen molar-refractivity contribution < 1.29 is 14.0 Å². The largest absolute Gasteiger partial charge is 0.411 e. The van der Waals surface area contributed by atoms with Gasteiger partial charge >= 0.3 is 0 Å². The van der Waals surface area contributed by atoms with E-state index in [1.54, 1.807) is 24.3 Å². The second kappa shape index (κ2) is 6.88. The SMILES string of the molecule is Cc1ccc(N2C(=O)CC(Sc3nnc(-c4ccccc4N)o3)C2=O)cc1. The third-order valence-corrected chi connectivity index (χ3v) is 5.26. The molecule has 136 valence electrons. The molecule has 2 heterocycles. The Morgan fingerprint density at radius 3 is 2.59 bits per heavy atom. The lowest BCUT2D eigenvalue weighted by molar-refractivity contribution is -0.121. The van der Waals surface area contributed by atoms with Crippen molar-refractivity contribution >= 4 is 35.0 Å². The molecular formula is C19H16N4O3S. The molecule has 0 aliphatic carbocycles. The van der Waals surface area contributed by atoms with Gasteiger partial charge in [0.25, 0.3) is 11.1 Å². The van der Waals surface area contributed by atoms with Crippen LogP contribution in [0.1, 0.15) is 12.0 Å². The van der Waals surface area contributed by atoms with E-state index in [2.05, 4.69) is 10.2 Å². The average molecular weight is 380 g/mol. The summed E-state index contributed by atoms with van der Waals surface area (Å²) in [5, 5.41) is 7.60. The van der Waals surface area contributed by atoms with E-state index in [1.165, 1.54) is 4.90 Å². The normalized spacial score (nSPS) is 16.9. The number of thioether (sulfide) groups is 1. The summed E-state index contributed by atoms with van der Waals surface area (Å²) in [6, 6.07) is 14.4. The van der Waals surface area contributed by atoms with Crippen molar-refractivity contribution in [2.45, 2.75) is 23.8 Å². The number of hydrogen-bond donors (Lipinski definition) is 1. The second-order valence-electron chi connectivity index (χ2n) is 6.17. The van der Waals surface area contributed by atoms with Crippen molar-refractivity contribution in [3.05, 3.63) is 54.1 Å². The molecule has 27 heavy (non-hydrogen) atoms. The van der Waals surface area contributed by atoms with E-state index in [0.29, 0.717) is 16.9 Å². The summed E-state index contributed by atoms with van der Waals surface area (Å²) in [5.41, 5.74) is 8.70. The minimum absolute atomic E-state index is 0.0859. The minimum Gasteiger partial charge on any atom is -0.411 e. The van der Waals surface area contributed by atoms with Gasteiger partial charge in [0.15, 0.2) is 0 Å². The third kappa shape index (κ3) is 3.31. The van der Waals surface area contributed by atoms with E-state index in [0.717, 1.165) is 17.3 Å². The van der Waals surface area contributed by atoms with Gasteiger partial charge in [-0.1, -0.05) is 41.6 Å². The van der Waals surface area contributed by atoms with Crippen LogP contribution >= 0.6 is 11.8 Å². The molecule has 2 N–H and O–H groups in total. The zero-order valence-electron chi connectivity index (χ0n) is 14.5. The number of carbonyl (C=O) groups excluding carboxylic acids is 2. The number of amides is 2. The molecule has 0 bridgehead atoms. The number of nitrogens with zero attached hydrogens (tertiary/aromatic N) is 3. The maximum absolute atomic E-state index is 12.7. The Balaban J connectivity index is 1.52. The van der Waals surface area contributed by atoms with E-state index >= 15 is 0 Å². The smallest absolute Gasteiger partial charge is 0.277 e. The van der Waals surface area contributed by atoms with Crippen LogP contribution in [0.4, 0.5) is 11.4 Å². The molecule has 0 spiro atoms. The molecule has 1 atom stereocenters. The highest BCUT2D eigenvalue weighted by Crippen LogP contribution is 2.35. The summed E-state index contributed by atoms with van der Waals surface area (Å²) in [4.78, 5) is 26.3. The number of anilines is 2. The van der Waals surface area contributed by atoms with E-state index in [4.69, 9.17) is 10.2 Å². The minimum atomic E-state index is -0.597. The first kappa shape index (κ1) is 17.3. The number of rotatable bonds is 4. The molecule has 3 aromatic rings. The molecule has 0 saturated carbocycles. The number of benzene rings is 2. The van der Waals surface area contributed by atoms with Gasteiger partial charge in [-0.25, -0.2) is 4.90 Å². The predicted molar refractivity (Wildman–Crippen MR) is 102 cm³/mol. The average Bonchev–Trinajstić information content (AvgIpc) is 3.22. The van der Waals surface area contributed by atoms with Crippen LogP contribution < -0.4 is 10.6 Å². The number of imide groups is 1. The molecular weight excluding hydrogens is 364 g/mol. The quantitative estimate of drug-likeness (QED) is 0.548. The third-order valence-electron chi connectivity index (χ3n) is 4.24. The molecule has 7 nitrogen and oxygen atoms in total. The first-order chi connectivity index (χ1) is 13.0. The van der Waals surface area contributed by atoms with Gasteiger partial charge in [-0.15, -0.1) is 10.2 Å². The van der Waals surface area contributed by atoms with Crippen LogP contribution in [0.15, 0.2) is 58.2 Å². The van der Waals surface area contributed by atoms with Crippen molar-refractivity contribution in [2.75, 3.05) is 10.6 Å². The van der Waals surface area contributed by atoms with Gasteiger partial charge in [0.05, 0.1) is 11.3 Å². The molecule has 1 unspecified atom stereocenters.